The molecule has 0 spiro atoms. The van der Waals surface area contributed by atoms with Crippen LogP contribution in [0, 0.1) is 0 Å². The fourth-order valence-corrected chi connectivity index (χ4v) is 2.45. The molecule has 5 heteroatoms. The highest BCUT2D eigenvalue weighted by Gasteiger charge is 2.06. The van der Waals surface area contributed by atoms with Crippen molar-refractivity contribution in [3.63, 3.8) is 0 Å². The predicted molar refractivity (Wildman–Crippen MR) is 65.0 cm³/mol. The van der Waals surface area contributed by atoms with Crippen molar-refractivity contribution in [1.29, 1.82) is 0 Å². The van der Waals surface area contributed by atoms with Gasteiger partial charge in [0.1, 0.15) is 6.26 Å². The van der Waals surface area contributed by atoms with Crippen LogP contribution in [0.2, 0.25) is 0 Å². The number of hydrogen-bond donors (Lipinski definition) is 1. The molecule has 80 valence electrons. The first kappa shape index (κ1) is 10.7. The first-order valence-electron chi connectivity index (χ1n) is 4.66. The lowest BCUT2D eigenvalue weighted by molar-refractivity contribution is 0.575. The quantitative estimate of drug-likeness (QED) is 0.816. The van der Waals surface area contributed by atoms with Gasteiger partial charge in [0.25, 0.3) is 0 Å². The first-order valence-corrected chi connectivity index (χ1v) is 6.69. The van der Waals surface area contributed by atoms with Gasteiger partial charge in [-0.15, -0.1) is 11.3 Å². The molecule has 2 aromatic rings. The molecule has 15 heavy (non-hydrogen) atoms. The van der Waals surface area contributed by atoms with Crippen molar-refractivity contribution in [2.45, 2.75) is 5.75 Å². The molecule has 3 nitrogen and oxygen atoms in total. The van der Waals surface area contributed by atoms with Crippen molar-refractivity contribution < 1.29 is 4.42 Å². The van der Waals surface area contributed by atoms with Gasteiger partial charge in [0, 0.05) is 18.1 Å². The van der Waals surface area contributed by atoms with E-state index < -0.39 is 0 Å². The molecular weight excluding hydrogens is 228 g/mol. The molecule has 0 aromatic carbocycles. The van der Waals surface area contributed by atoms with Crippen LogP contribution in [0.4, 0.5) is 0 Å². The number of thioether (sulfide) groups is 1. The van der Waals surface area contributed by atoms with E-state index in [1.807, 2.05) is 17.5 Å². The van der Waals surface area contributed by atoms with Crippen LogP contribution < -0.4 is 5.73 Å². The fraction of sp³-hybridized carbons (Fsp3) is 0.300. The molecule has 0 aliphatic carbocycles. The SMILES string of the molecule is NCCSCc1coc(-c2cccs2)n1. The van der Waals surface area contributed by atoms with E-state index >= 15 is 0 Å². The second-order valence-corrected chi connectivity index (χ2v) is 5.02. The first-order chi connectivity index (χ1) is 7.40. The van der Waals surface area contributed by atoms with Crippen LogP contribution in [-0.4, -0.2) is 17.3 Å². The average Bonchev–Trinajstić information content (AvgIpc) is 2.87. The largest absolute Gasteiger partial charge is 0.444 e. The number of nitrogens with two attached hydrogens (primary N) is 1. The lowest BCUT2D eigenvalue weighted by atomic mass is 10.5. The maximum atomic E-state index is 5.41. The van der Waals surface area contributed by atoms with Gasteiger partial charge in [-0.2, -0.15) is 11.8 Å². The molecular formula is C10H12N2OS2. The third kappa shape index (κ3) is 2.84. The Kier molecular flexibility index (Phi) is 3.82. The summed E-state index contributed by atoms with van der Waals surface area (Å²) in [5.41, 5.74) is 6.40. The maximum absolute atomic E-state index is 5.41. The average molecular weight is 240 g/mol. The molecule has 2 N–H and O–H groups in total. The van der Waals surface area contributed by atoms with Gasteiger partial charge in [-0.25, -0.2) is 4.98 Å². The van der Waals surface area contributed by atoms with Crippen LogP contribution in [0.1, 0.15) is 5.69 Å². The number of nitrogens with zero attached hydrogens (tertiary/aromatic N) is 1. The van der Waals surface area contributed by atoms with E-state index in [2.05, 4.69) is 4.98 Å². The van der Waals surface area contributed by atoms with Crippen LogP contribution >= 0.6 is 23.1 Å². The Balaban J connectivity index is 1.98. The smallest absolute Gasteiger partial charge is 0.236 e. The van der Waals surface area contributed by atoms with Gasteiger partial charge >= 0.3 is 0 Å². The minimum absolute atomic E-state index is 0.709. The minimum atomic E-state index is 0.709. The number of oxazole rings is 1. The van der Waals surface area contributed by atoms with Crippen molar-refractivity contribution in [2.75, 3.05) is 12.3 Å². The van der Waals surface area contributed by atoms with Crippen LogP contribution in [0.25, 0.3) is 10.8 Å². The summed E-state index contributed by atoms with van der Waals surface area (Å²) in [5.74, 6) is 2.54. The molecule has 0 aliphatic rings. The maximum Gasteiger partial charge on any atom is 0.236 e. The standard InChI is InChI=1S/C10H12N2OS2/c11-3-5-14-7-8-6-13-10(12-8)9-2-1-4-15-9/h1-2,4,6H,3,5,7,11H2. The molecule has 0 radical (unpaired) electrons. The summed E-state index contributed by atoms with van der Waals surface area (Å²) in [5, 5.41) is 2.02. The molecule has 0 amide bonds. The minimum Gasteiger partial charge on any atom is -0.444 e. The zero-order valence-corrected chi connectivity index (χ0v) is 9.81. The molecule has 2 aromatic heterocycles. The number of hydrogen-bond acceptors (Lipinski definition) is 5. The van der Waals surface area contributed by atoms with Crippen molar-refractivity contribution in [3.8, 4) is 10.8 Å². The van der Waals surface area contributed by atoms with Gasteiger partial charge in [-0.1, -0.05) is 6.07 Å². The second kappa shape index (κ2) is 5.34. The fourth-order valence-electron chi connectivity index (χ4n) is 1.15. The molecule has 0 aliphatic heterocycles. The summed E-state index contributed by atoms with van der Waals surface area (Å²) in [6, 6.07) is 4.00. The van der Waals surface area contributed by atoms with E-state index in [1.165, 1.54) is 0 Å². The Hall–Kier alpha value is -0.780. The Bertz CT molecular complexity index is 397. The van der Waals surface area contributed by atoms with E-state index in [-0.39, 0.29) is 0 Å². The molecule has 0 saturated heterocycles. The van der Waals surface area contributed by atoms with Crippen molar-refractivity contribution in [1.82, 2.24) is 4.98 Å². The predicted octanol–water partition coefficient (Wildman–Crippen LogP) is 2.60. The molecule has 2 heterocycles. The van der Waals surface area contributed by atoms with Gasteiger partial charge in [0.15, 0.2) is 0 Å². The lowest BCUT2D eigenvalue weighted by Crippen LogP contribution is -2.01. The van der Waals surface area contributed by atoms with Crippen LogP contribution in [-0.2, 0) is 5.75 Å². The van der Waals surface area contributed by atoms with Crippen molar-refractivity contribution in [3.05, 3.63) is 29.5 Å². The normalized spacial score (nSPS) is 10.7. The highest BCUT2D eigenvalue weighted by Crippen LogP contribution is 2.24. The number of thiophene rings is 1. The zero-order chi connectivity index (χ0) is 10.5. The second-order valence-electron chi connectivity index (χ2n) is 2.96. The van der Waals surface area contributed by atoms with E-state index in [9.17, 15) is 0 Å². The lowest BCUT2D eigenvalue weighted by Gasteiger charge is -1.93. The Labute approximate surface area is 96.7 Å². The zero-order valence-electron chi connectivity index (χ0n) is 8.18. The van der Waals surface area contributed by atoms with E-state index in [4.69, 9.17) is 10.2 Å². The molecule has 0 atom stereocenters. The molecule has 0 bridgehead atoms. The monoisotopic (exact) mass is 240 g/mol. The van der Waals surface area contributed by atoms with Crippen LogP contribution in [0.15, 0.2) is 28.2 Å². The van der Waals surface area contributed by atoms with Gasteiger partial charge in [0.05, 0.1) is 10.6 Å². The van der Waals surface area contributed by atoms with Gasteiger partial charge in [-0.3, -0.25) is 0 Å². The van der Waals surface area contributed by atoms with E-state index in [1.54, 1.807) is 29.4 Å². The summed E-state index contributed by atoms with van der Waals surface area (Å²) in [6.07, 6.45) is 1.72. The van der Waals surface area contributed by atoms with Crippen molar-refractivity contribution in [2.24, 2.45) is 5.73 Å². The molecule has 0 saturated carbocycles. The third-order valence-electron chi connectivity index (χ3n) is 1.80. The topological polar surface area (TPSA) is 52.0 Å². The Morgan fingerprint density at radius 2 is 2.47 bits per heavy atom. The van der Waals surface area contributed by atoms with Crippen LogP contribution in [0.5, 0.6) is 0 Å². The van der Waals surface area contributed by atoms with E-state index in [0.717, 1.165) is 22.1 Å². The third-order valence-corrected chi connectivity index (χ3v) is 3.68. The van der Waals surface area contributed by atoms with Gasteiger partial charge in [0.2, 0.25) is 5.89 Å². The number of aromatic nitrogens is 1. The van der Waals surface area contributed by atoms with E-state index in [0.29, 0.717) is 12.4 Å². The molecule has 0 unspecified atom stereocenters. The summed E-state index contributed by atoms with van der Waals surface area (Å²) in [4.78, 5) is 5.48. The summed E-state index contributed by atoms with van der Waals surface area (Å²) >= 11 is 3.41. The Morgan fingerprint density at radius 3 is 3.20 bits per heavy atom. The van der Waals surface area contributed by atoms with Gasteiger partial charge < -0.3 is 10.2 Å². The highest BCUT2D eigenvalue weighted by atomic mass is 32.2. The van der Waals surface area contributed by atoms with Crippen molar-refractivity contribution >= 4 is 23.1 Å². The molecule has 0 fully saturated rings. The summed E-state index contributed by atoms with van der Waals surface area (Å²) in [7, 11) is 0. The summed E-state index contributed by atoms with van der Waals surface area (Å²) in [6.45, 7) is 0.709. The summed E-state index contributed by atoms with van der Waals surface area (Å²) < 4.78 is 5.39. The van der Waals surface area contributed by atoms with Crippen LogP contribution in [0.3, 0.4) is 0 Å². The highest BCUT2D eigenvalue weighted by molar-refractivity contribution is 7.98. The van der Waals surface area contributed by atoms with Gasteiger partial charge in [-0.05, 0) is 11.4 Å². The molecule has 2 rings (SSSR count). The Morgan fingerprint density at radius 1 is 1.53 bits per heavy atom. The number of rotatable bonds is 5.